The fourth-order valence-corrected chi connectivity index (χ4v) is 3.32. The smallest absolute Gasteiger partial charge is 0.253 e. The van der Waals surface area contributed by atoms with Gasteiger partial charge in [-0.25, -0.2) is 17.1 Å². The molecule has 0 radical (unpaired) electrons. The number of hydrogen-bond donors (Lipinski definition) is 0. The van der Waals surface area contributed by atoms with Crippen LogP contribution in [-0.4, -0.2) is 44.7 Å². The molecular weight excluding hydrogens is 367 g/mol. The van der Waals surface area contributed by atoms with Gasteiger partial charge in [0.15, 0.2) is 0 Å². The van der Waals surface area contributed by atoms with Gasteiger partial charge in [-0.15, -0.1) is 0 Å². The number of amides is 1. The molecular formula is C17H18ClFN2O3S. The molecule has 0 bridgehead atoms. The second-order valence-corrected chi connectivity index (χ2v) is 8.23. The molecule has 0 saturated carbocycles. The van der Waals surface area contributed by atoms with Gasteiger partial charge in [0.1, 0.15) is 5.82 Å². The quantitative estimate of drug-likeness (QED) is 0.796. The van der Waals surface area contributed by atoms with E-state index >= 15 is 0 Å². The number of carbonyl (C=O) groups is 1. The summed E-state index contributed by atoms with van der Waals surface area (Å²) in [5.74, 6) is -0.854. The molecule has 0 saturated heterocycles. The van der Waals surface area contributed by atoms with Crippen molar-refractivity contribution in [1.29, 1.82) is 0 Å². The van der Waals surface area contributed by atoms with Gasteiger partial charge in [-0.1, -0.05) is 17.7 Å². The zero-order valence-electron chi connectivity index (χ0n) is 14.0. The van der Waals surface area contributed by atoms with Crippen molar-refractivity contribution >= 4 is 27.5 Å². The maximum atomic E-state index is 13.8. The summed E-state index contributed by atoms with van der Waals surface area (Å²) in [4.78, 5) is 13.9. The molecule has 0 aliphatic rings. The number of benzene rings is 2. The maximum Gasteiger partial charge on any atom is 0.253 e. The SMILES string of the molecule is CN(Cc1c(F)cccc1Cl)C(=O)c1ccc(S(=O)(=O)N(C)C)cc1. The van der Waals surface area contributed by atoms with Gasteiger partial charge in [0.2, 0.25) is 10.0 Å². The van der Waals surface area contributed by atoms with Crippen LogP contribution >= 0.6 is 11.6 Å². The fraction of sp³-hybridized carbons (Fsp3) is 0.235. The first kappa shape index (κ1) is 19.4. The molecule has 1 amide bonds. The summed E-state index contributed by atoms with van der Waals surface area (Å²) in [6.45, 7) is 0.00207. The second-order valence-electron chi connectivity index (χ2n) is 5.67. The summed E-state index contributed by atoms with van der Waals surface area (Å²) in [7, 11) is 0.827. The molecule has 0 aliphatic heterocycles. The van der Waals surface area contributed by atoms with Crippen molar-refractivity contribution in [2.24, 2.45) is 0 Å². The van der Waals surface area contributed by atoms with Crippen molar-refractivity contribution in [2.75, 3.05) is 21.1 Å². The monoisotopic (exact) mass is 384 g/mol. The third kappa shape index (κ3) is 4.18. The Morgan fingerprint density at radius 2 is 1.68 bits per heavy atom. The van der Waals surface area contributed by atoms with Crippen LogP contribution in [0.25, 0.3) is 0 Å². The van der Waals surface area contributed by atoms with Crippen LogP contribution in [0.2, 0.25) is 5.02 Å². The van der Waals surface area contributed by atoms with Gasteiger partial charge in [-0.2, -0.15) is 0 Å². The van der Waals surface area contributed by atoms with Crippen molar-refractivity contribution in [3.05, 3.63) is 64.4 Å². The lowest BCUT2D eigenvalue weighted by Gasteiger charge is -2.19. The van der Waals surface area contributed by atoms with E-state index in [9.17, 15) is 17.6 Å². The fourth-order valence-electron chi connectivity index (χ4n) is 2.19. The van der Waals surface area contributed by atoms with Crippen LogP contribution in [0.15, 0.2) is 47.4 Å². The molecule has 5 nitrogen and oxygen atoms in total. The minimum absolute atomic E-state index is 0.00207. The van der Waals surface area contributed by atoms with Gasteiger partial charge in [0, 0.05) is 43.8 Å². The summed E-state index contributed by atoms with van der Waals surface area (Å²) < 4.78 is 39.0. The number of rotatable bonds is 5. The van der Waals surface area contributed by atoms with Crippen LogP contribution in [-0.2, 0) is 16.6 Å². The predicted molar refractivity (Wildman–Crippen MR) is 94.5 cm³/mol. The van der Waals surface area contributed by atoms with Gasteiger partial charge < -0.3 is 4.90 Å². The summed E-state index contributed by atoms with van der Waals surface area (Å²) >= 11 is 5.98. The largest absolute Gasteiger partial charge is 0.337 e. The molecule has 2 aromatic carbocycles. The average Bonchev–Trinajstić information content (AvgIpc) is 2.57. The summed E-state index contributed by atoms with van der Waals surface area (Å²) in [6.07, 6.45) is 0. The molecule has 0 heterocycles. The summed E-state index contributed by atoms with van der Waals surface area (Å²) in [5.41, 5.74) is 0.527. The Balaban J connectivity index is 2.20. The van der Waals surface area contributed by atoms with Crippen molar-refractivity contribution in [3.8, 4) is 0 Å². The lowest BCUT2D eigenvalue weighted by Crippen LogP contribution is -2.27. The molecule has 0 atom stereocenters. The first-order valence-corrected chi connectivity index (χ1v) is 9.17. The van der Waals surface area contributed by atoms with E-state index in [0.717, 1.165) is 4.31 Å². The zero-order chi connectivity index (χ0) is 18.8. The summed E-state index contributed by atoms with van der Waals surface area (Å²) in [6, 6.07) is 9.92. The van der Waals surface area contributed by atoms with E-state index < -0.39 is 15.8 Å². The zero-order valence-corrected chi connectivity index (χ0v) is 15.6. The van der Waals surface area contributed by atoms with Gasteiger partial charge in [-0.05, 0) is 36.4 Å². The first-order chi connectivity index (χ1) is 11.6. The van der Waals surface area contributed by atoms with Gasteiger partial charge in [-0.3, -0.25) is 4.79 Å². The minimum atomic E-state index is -3.56. The normalized spacial score (nSPS) is 11.6. The molecule has 0 aliphatic carbocycles. The topological polar surface area (TPSA) is 57.7 Å². The molecule has 0 fully saturated rings. The second kappa shape index (κ2) is 7.51. The van der Waals surface area contributed by atoms with E-state index in [1.165, 1.54) is 62.4 Å². The molecule has 134 valence electrons. The highest BCUT2D eigenvalue weighted by atomic mass is 35.5. The lowest BCUT2D eigenvalue weighted by molar-refractivity contribution is 0.0784. The molecule has 2 rings (SSSR count). The van der Waals surface area contributed by atoms with Crippen molar-refractivity contribution in [1.82, 2.24) is 9.21 Å². The first-order valence-electron chi connectivity index (χ1n) is 7.35. The predicted octanol–water partition coefficient (Wildman–Crippen LogP) is 3.00. The van der Waals surface area contributed by atoms with E-state index in [-0.39, 0.29) is 27.9 Å². The molecule has 0 unspecified atom stereocenters. The Labute approximate surface area is 151 Å². The van der Waals surface area contributed by atoms with Crippen molar-refractivity contribution in [3.63, 3.8) is 0 Å². The molecule has 0 spiro atoms. The van der Waals surface area contributed by atoms with E-state index in [4.69, 9.17) is 11.6 Å². The van der Waals surface area contributed by atoms with Crippen molar-refractivity contribution in [2.45, 2.75) is 11.4 Å². The standard InChI is InChI=1S/C17H18ClFN2O3S/c1-20(2)25(23,24)13-9-7-12(8-10-13)17(22)21(3)11-14-15(18)5-4-6-16(14)19/h4-10H,11H2,1-3H3. The number of halogens is 2. The highest BCUT2D eigenvalue weighted by Gasteiger charge is 2.19. The molecule has 25 heavy (non-hydrogen) atoms. The minimum Gasteiger partial charge on any atom is -0.337 e. The van der Waals surface area contributed by atoms with Crippen LogP contribution in [0.5, 0.6) is 0 Å². The van der Waals surface area contributed by atoms with Crippen LogP contribution in [0.3, 0.4) is 0 Å². The number of hydrogen-bond acceptors (Lipinski definition) is 3. The van der Waals surface area contributed by atoms with Gasteiger partial charge in [0.25, 0.3) is 5.91 Å². The third-order valence-electron chi connectivity index (χ3n) is 3.68. The van der Waals surface area contributed by atoms with Crippen LogP contribution in [0.4, 0.5) is 4.39 Å². The van der Waals surface area contributed by atoms with E-state index in [1.54, 1.807) is 6.07 Å². The Morgan fingerprint density at radius 3 is 2.20 bits per heavy atom. The highest BCUT2D eigenvalue weighted by Crippen LogP contribution is 2.21. The van der Waals surface area contributed by atoms with Crippen LogP contribution in [0, 0.1) is 5.82 Å². The van der Waals surface area contributed by atoms with Crippen LogP contribution < -0.4 is 0 Å². The Morgan fingerprint density at radius 1 is 1.08 bits per heavy atom. The molecule has 8 heteroatoms. The van der Waals surface area contributed by atoms with E-state index in [1.807, 2.05) is 0 Å². The highest BCUT2D eigenvalue weighted by molar-refractivity contribution is 7.89. The maximum absolute atomic E-state index is 13.8. The summed E-state index contributed by atoms with van der Waals surface area (Å²) in [5, 5.41) is 0.243. The van der Waals surface area contributed by atoms with E-state index in [2.05, 4.69) is 0 Å². The molecule has 0 N–H and O–H groups in total. The third-order valence-corrected chi connectivity index (χ3v) is 5.87. The Bertz CT molecular complexity index is 863. The molecule has 2 aromatic rings. The Hall–Kier alpha value is -1.96. The Kier molecular flexibility index (Phi) is 5.82. The molecule has 0 aromatic heterocycles. The number of carbonyl (C=O) groups excluding carboxylic acids is 1. The van der Waals surface area contributed by atoms with E-state index in [0.29, 0.717) is 5.56 Å². The number of nitrogens with zero attached hydrogens (tertiary/aromatic N) is 2. The van der Waals surface area contributed by atoms with Crippen molar-refractivity contribution < 1.29 is 17.6 Å². The lowest BCUT2D eigenvalue weighted by atomic mass is 10.1. The average molecular weight is 385 g/mol. The van der Waals surface area contributed by atoms with Crippen LogP contribution in [0.1, 0.15) is 15.9 Å². The van der Waals surface area contributed by atoms with Gasteiger partial charge in [0.05, 0.1) is 4.90 Å². The van der Waals surface area contributed by atoms with Gasteiger partial charge >= 0.3 is 0 Å². The number of sulfonamides is 1.